The third-order valence-electron chi connectivity index (χ3n) is 3.64. The molecule has 0 atom stereocenters. The van der Waals surface area contributed by atoms with Crippen molar-refractivity contribution < 1.29 is 14.8 Å². The van der Waals surface area contributed by atoms with E-state index < -0.39 is 10.9 Å². The monoisotopic (exact) mass is 350 g/mol. The minimum atomic E-state index is -0.974. The van der Waals surface area contributed by atoms with Crippen LogP contribution in [0.15, 0.2) is 72.0 Å². The Morgan fingerprint density at radius 3 is 2.42 bits per heavy atom. The molecule has 3 aromatic rings. The molecule has 3 rings (SSSR count). The Balaban J connectivity index is 1.73. The van der Waals surface area contributed by atoms with Gasteiger partial charge in [0.15, 0.2) is 0 Å². The smallest absolute Gasteiger partial charge is 0.335 e. The lowest BCUT2D eigenvalue weighted by molar-refractivity contribution is -0.384. The summed E-state index contributed by atoms with van der Waals surface area (Å²) in [4.78, 5) is 21.1. The number of benzene rings is 2. The van der Waals surface area contributed by atoms with Gasteiger partial charge in [0, 0.05) is 24.0 Å². The molecule has 0 amide bonds. The fourth-order valence-corrected chi connectivity index (χ4v) is 2.33. The van der Waals surface area contributed by atoms with Crippen LogP contribution in [0.1, 0.15) is 16.1 Å². The van der Waals surface area contributed by atoms with Crippen LogP contribution in [0.4, 0.5) is 11.4 Å². The van der Waals surface area contributed by atoms with Crippen molar-refractivity contribution in [1.29, 1.82) is 0 Å². The lowest BCUT2D eigenvalue weighted by Crippen LogP contribution is -2.01. The Kier molecular flexibility index (Phi) is 4.75. The second-order valence-corrected chi connectivity index (χ2v) is 5.33. The number of nitro benzene ring substituents is 1. The second-order valence-electron chi connectivity index (χ2n) is 5.33. The first kappa shape index (κ1) is 16.9. The number of nitrogens with zero attached hydrogens (tertiary/aromatic N) is 3. The van der Waals surface area contributed by atoms with Crippen LogP contribution in [-0.2, 0) is 0 Å². The number of hydrogen-bond donors (Lipinski definition) is 2. The van der Waals surface area contributed by atoms with Gasteiger partial charge in [-0.1, -0.05) is 0 Å². The number of aromatic carboxylic acids is 1. The molecule has 1 aromatic heterocycles. The molecule has 0 radical (unpaired) electrons. The Labute approximate surface area is 148 Å². The molecular weight excluding hydrogens is 336 g/mol. The zero-order chi connectivity index (χ0) is 18.5. The lowest BCUT2D eigenvalue weighted by Gasteiger charge is -2.07. The molecule has 0 unspecified atom stereocenters. The highest BCUT2D eigenvalue weighted by atomic mass is 16.6. The maximum atomic E-state index is 10.9. The van der Waals surface area contributed by atoms with E-state index in [2.05, 4.69) is 10.5 Å². The Morgan fingerprint density at radius 1 is 1.12 bits per heavy atom. The number of hydrogen-bond acceptors (Lipinski definition) is 5. The number of rotatable bonds is 6. The minimum absolute atomic E-state index is 0.0122. The topological polar surface area (TPSA) is 110 Å². The van der Waals surface area contributed by atoms with Crippen LogP contribution in [-0.4, -0.2) is 26.8 Å². The van der Waals surface area contributed by atoms with Crippen molar-refractivity contribution >= 4 is 23.6 Å². The highest BCUT2D eigenvalue weighted by molar-refractivity contribution is 5.88. The number of carboxylic acids is 1. The standard InChI is InChI=1S/C18H14N4O4/c23-18(24)13-3-7-15(8-4-13)21-11-1-2-17(21)12-19-20-14-5-9-16(10-6-14)22(25)26/h1-12,20H,(H,23,24)/b19-12-. The predicted octanol–water partition coefficient (Wildman–Crippen LogP) is 3.53. The lowest BCUT2D eigenvalue weighted by atomic mass is 10.2. The number of carboxylic acid groups (broad SMARTS) is 1. The Hall–Kier alpha value is -3.94. The van der Waals surface area contributed by atoms with Crippen molar-refractivity contribution in [3.8, 4) is 5.69 Å². The molecule has 8 nitrogen and oxygen atoms in total. The van der Waals surface area contributed by atoms with E-state index >= 15 is 0 Å². The van der Waals surface area contributed by atoms with Crippen molar-refractivity contribution in [2.24, 2.45) is 5.10 Å². The van der Waals surface area contributed by atoms with Gasteiger partial charge in [0.1, 0.15) is 0 Å². The number of anilines is 1. The Morgan fingerprint density at radius 2 is 1.81 bits per heavy atom. The average Bonchev–Trinajstić information content (AvgIpc) is 3.10. The maximum absolute atomic E-state index is 10.9. The predicted molar refractivity (Wildman–Crippen MR) is 97.0 cm³/mol. The molecule has 0 saturated carbocycles. The maximum Gasteiger partial charge on any atom is 0.335 e. The number of nitrogens with one attached hydrogen (secondary N) is 1. The van der Waals surface area contributed by atoms with E-state index in [9.17, 15) is 14.9 Å². The summed E-state index contributed by atoms with van der Waals surface area (Å²) in [5.41, 5.74) is 5.24. The summed E-state index contributed by atoms with van der Waals surface area (Å²) in [6.07, 6.45) is 3.44. The third kappa shape index (κ3) is 3.75. The van der Waals surface area contributed by atoms with E-state index in [0.29, 0.717) is 5.69 Å². The van der Waals surface area contributed by atoms with Crippen molar-refractivity contribution in [2.75, 3.05) is 5.43 Å². The minimum Gasteiger partial charge on any atom is -0.478 e. The third-order valence-corrected chi connectivity index (χ3v) is 3.64. The summed E-state index contributed by atoms with van der Waals surface area (Å²) in [7, 11) is 0. The summed E-state index contributed by atoms with van der Waals surface area (Å²) in [6, 6.07) is 16.1. The van der Waals surface area contributed by atoms with Crippen LogP contribution in [0.3, 0.4) is 0 Å². The van der Waals surface area contributed by atoms with Crippen LogP contribution in [0.2, 0.25) is 0 Å². The molecule has 8 heteroatoms. The fourth-order valence-electron chi connectivity index (χ4n) is 2.33. The molecule has 26 heavy (non-hydrogen) atoms. The fraction of sp³-hybridized carbons (Fsp3) is 0. The Bertz CT molecular complexity index is 960. The summed E-state index contributed by atoms with van der Waals surface area (Å²) < 4.78 is 1.85. The summed E-state index contributed by atoms with van der Waals surface area (Å²) in [6.45, 7) is 0. The molecule has 1 heterocycles. The van der Waals surface area contributed by atoms with Crippen LogP contribution < -0.4 is 5.43 Å². The van der Waals surface area contributed by atoms with Gasteiger partial charge in [0.25, 0.3) is 5.69 Å². The highest BCUT2D eigenvalue weighted by Gasteiger charge is 2.05. The molecule has 0 fully saturated rings. The van der Waals surface area contributed by atoms with E-state index in [1.807, 2.05) is 22.9 Å². The van der Waals surface area contributed by atoms with Gasteiger partial charge in [-0.15, -0.1) is 0 Å². The number of non-ortho nitro benzene ring substituents is 1. The zero-order valence-corrected chi connectivity index (χ0v) is 13.4. The zero-order valence-electron chi connectivity index (χ0n) is 13.4. The normalized spacial score (nSPS) is 10.8. The van der Waals surface area contributed by atoms with Crippen LogP contribution in [0.25, 0.3) is 5.69 Å². The number of hydrazone groups is 1. The molecule has 0 spiro atoms. The van der Waals surface area contributed by atoms with Gasteiger partial charge in [0.2, 0.25) is 0 Å². The van der Waals surface area contributed by atoms with E-state index in [0.717, 1.165) is 11.4 Å². The molecule has 130 valence electrons. The van der Waals surface area contributed by atoms with Gasteiger partial charge in [0.05, 0.1) is 28.1 Å². The first-order chi connectivity index (χ1) is 12.5. The molecule has 2 aromatic carbocycles. The summed E-state index contributed by atoms with van der Waals surface area (Å²) in [5, 5.41) is 23.7. The average molecular weight is 350 g/mol. The van der Waals surface area contributed by atoms with Crippen molar-refractivity contribution in [2.45, 2.75) is 0 Å². The van der Waals surface area contributed by atoms with Crippen molar-refractivity contribution in [1.82, 2.24) is 4.57 Å². The molecule has 0 bridgehead atoms. The molecule has 0 aliphatic heterocycles. The van der Waals surface area contributed by atoms with Crippen LogP contribution in [0.5, 0.6) is 0 Å². The van der Waals surface area contributed by atoms with E-state index in [1.54, 1.807) is 30.5 Å². The first-order valence-electron chi connectivity index (χ1n) is 7.59. The summed E-state index contributed by atoms with van der Waals surface area (Å²) in [5.74, 6) is -0.974. The van der Waals surface area contributed by atoms with Crippen LogP contribution in [0, 0.1) is 10.1 Å². The highest BCUT2D eigenvalue weighted by Crippen LogP contribution is 2.16. The quantitative estimate of drug-likeness (QED) is 0.401. The number of aromatic nitrogens is 1. The van der Waals surface area contributed by atoms with Gasteiger partial charge < -0.3 is 9.67 Å². The number of nitro groups is 1. The van der Waals surface area contributed by atoms with Gasteiger partial charge >= 0.3 is 5.97 Å². The first-order valence-corrected chi connectivity index (χ1v) is 7.59. The van der Waals surface area contributed by atoms with Gasteiger partial charge in [-0.25, -0.2) is 4.79 Å². The van der Waals surface area contributed by atoms with E-state index in [4.69, 9.17) is 5.11 Å². The molecule has 0 aliphatic rings. The number of carbonyl (C=O) groups is 1. The molecule has 0 aliphatic carbocycles. The van der Waals surface area contributed by atoms with Crippen molar-refractivity contribution in [3.05, 3.63) is 88.2 Å². The summed E-state index contributed by atoms with van der Waals surface area (Å²) >= 11 is 0. The van der Waals surface area contributed by atoms with Crippen LogP contribution >= 0.6 is 0 Å². The van der Waals surface area contributed by atoms with E-state index in [1.165, 1.54) is 24.3 Å². The second kappa shape index (κ2) is 7.31. The molecule has 0 saturated heterocycles. The van der Waals surface area contributed by atoms with Gasteiger partial charge in [-0.3, -0.25) is 15.5 Å². The van der Waals surface area contributed by atoms with Gasteiger partial charge in [-0.05, 0) is 48.5 Å². The van der Waals surface area contributed by atoms with Crippen molar-refractivity contribution in [3.63, 3.8) is 0 Å². The van der Waals surface area contributed by atoms with Gasteiger partial charge in [-0.2, -0.15) is 5.10 Å². The largest absolute Gasteiger partial charge is 0.478 e. The molecule has 2 N–H and O–H groups in total. The SMILES string of the molecule is O=C(O)c1ccc(-n2cccc2/C=N\Nc2ccc([N+](=O)[O-])cc2)cc1. The molecular formula is C18H14N4O4. The van der Waals surface area contributed by atoms with E-state index in [-0.39, 0.29) is 11.3 Å².